The molecule has 194 valence electrons. The van der Waals surface area contributed by atoms with E-state index in [-0.39, 0.29) is 21.0 Å². The molecule has 0 saturated heterocycles. The molecule has 4 rings (SSSR count). The molecule has 0 bridgehead atoms. The maximum atomic E-state index is 12.6. The lowest BCUT2D eigenvalue weighted by Gasteiger charge is -2.20. The van der Waals surface area contributed by atoms with E-state index < -0.39 is 15.7 Å². The molecule has 0 radical (unpaired) electrons. The SMILES string of the molecule is CCOc1cc(/C=C2/C(=N)N3N=C(S(C)(=O)=O)SC3=NC2=O)ccc1OCCOc1ccc(C)c(C)c1. The molecule has 2 aromatic carbocycles. The molecular formula is C25H26N4O6S2. The van der Waals surface area contributed by atoms with Gasteiger partial charge in [0, 0.05) is 6.26 Å². The molecule has 1 N–H and O–H groups in total. The summed E-state index contributed by atoms with van der Waals surface area (Å²) in [6.45, 7) is 6.95. The first-order valence-corrected chi connectivity index (χ1v) is 14.1. The van der Waals surface area contributed by atoms with E-state index in [0.29, 0.717) is 36.9 Å². The predicted octanol–water partition coefficient (Wildman–Crippen LogP) is 3.78. The highest BCUT2D eigenvalue weighted by Gasteiger charge is 2.38. The molecule has 2 heterocycles. The summed E-state index contributed by atoms with van der Waals surface area (Å²) in [5, 5.41) is 13.4. The second-order valence-electron chi connectivity index (χ2n) is 8.24. The first-order valence-electron chi connectivity index (χ1n) is 11.4. The molecule has 0 atom stereocenters. The third kappa shape index (κ3) is 6.03. The van der Waals surface area contributed by atoms with Crippen molar-refractivity contribution in [3.8, 4) is 17.2 Å². The average Bonchev–Trinajstić information content (AvgIpc) is 3.28. The van der Waals surface area contributed by atoms with Gasteiger partial charge in [-0.05, 0) is 79.6 Å². The van der Waals surface area contributed by atoms with Crippen molar-refractivity contribution < 1.29 is 27.4 Å². The van der Waals surface area contributed by atoms with Crippen molar-refractivity contribution in [1.82, 2.24) is 5.01 Å². The molecule has 0 spiro atoms. The van der Waals surface area contributed by atoms with Gasteiger partial charge >= 0.3 is 0 Å². The minimum Gasteiger partial charge on any atom is -0.490 e. The van der Waals surface area contributed by atoms with Gasteiger partial charge in [0.25, 0.3) is 5.91 Å². The van der Waals surface area contributed by atoms with Crippen LogP contribution in [0.15, 0.2) is 52.1 Å². The quantitative estimate of drug-likeness (QED) is 0.394. The van der Waals surface area contributed by atoms with Crippen LogP contribution < -0.4 is 14.2 Å². The summed E-state index contributed by atoms with van der Waals surface area (Å²) in [5.74, 6) is 0.833. The largest absolute Gasteiger partial charge is 0.490 e. The van der Waals surface area contributed by atoms with Crippen LogP contribution in [0, 0.1) is 19.3 Å². The van der Waals surface area contributed by atoms with Crippen LogP contribution in [0.5, 0.6) is 17.2 Å². The Hall–Kier alpha value is -3.64. The fourth-order valence-corrected chi connectivity index (χ4v) is 5.09. The van der Waals surface area contributed by atoms with Crippen LogP contribution in [0.4, 0.5) is 0 Å². The second kappa shape index (κ2) is 10.8. The molecule has 1 amide bonds. The summed E-state index contributed by atoms with van der Waals surface area (Å²) < 4.78 is 40.8. The number of hydrazone groups is 1. The Balaban J connectivity index is 1.48. The maximum absolute atomic E-state index is 12.6. The zero-order valence-electron chi connectivity index (χ0n) is 20.8. The van der Waals surface area contributed by atoms with Crippen LogP contribution in [0.25, 0.3) is 6.08 Å². The Bertz CT molecular complexity index is 1460. The van der Waals surface area contributed by atoms with Gasteiger partial charge in [-0.25, -0.2) is 8.42 Å². The zero-order chi connectivity index (χ0) is 26.7. The van der Waals surface area contributed by atoms with E-state index in [4.69, 9.17) is 19.6 Å². The summed E-state index contributed by atoms with van der Waals surface area (Å²) in [4.78, 5) is 16.5. The van der Waals surface area contributed by atoms with Crippen molar-refractivity contribution >= 4 is 49.0 Å². The minimum atomic E-state index is -3.60. The number of aliphatic imine (C=N–C) groups is 1. The number of carbonyl (C=O) groups excluding carboxylic acids is 1. The van der Waals surface area contributed by atoms with Crippen LogP contribution in [0.2, 0.25) is 0 Å². The smallest absolute Gasteiger partial charge is 0.283 e. The van der Waals surface area contributed by atoms with Crippen LogP contribution in [0.3, 0.4) is 0 Å². The van der Waals surface area contributed by atoms with E-state index in [0.717, 1.165) is 34.3 Å². The number of hydrogen-bond acceptors (Lipinski definition) is 9. The molecule has 0 saturated carbocycles. The number of sulfone groups is 1. The Morgan fingerprint density at radius 2 is 1.78 bits per heavy atom. The predicted molar refractivity (Wildman–Crippen MR) is 144 cm³/mol. The molecule has 10 nitrogen and oxygen atoms in total. The Morgan fingerprint density at radius 1 is 1.03 bits per heavy atom. The number of rotatable bonds is 8. The fourth-order valence-electron chi connectivity index (χ4n) is 3.41. The average molecular weight is 543 g/mol. The number of carbonyl (C=O) groups is 1. The van der Waals surface area contributed by atoms with Crippen molar-refractivity contribution in [2.45, 2.75) is 20.8 Å². The van der Waals surface area contributed by atoms with Gasteiger partial charge in [0.15, 0.2) is 17.3 Å². The van der Waals surface area contributed by atoms with Crippen LogP contribution in [0.1, 0.15) is 23.6 Å². The lowest BCUT2D eigenvalue weighted by atomic mass is 10.1. The maximum Gasteiger partial charge on any atom is 0.283 e. The van der Waals surface area contributed by atoms with E-state index in [1.54, 1.807) is 18.2 Å². The van der Waals surface area contributed by atoms with Gasteiger partial charge in [0.1, 0.15) is 19.0 Å². The molecule has 2 aliphatic rings. The third-order valence-corrected chi connectivity index (χ3v) is 8.00. The molecule has 37 heavy (non-hydrogen) atoms. The third-order valence-electron chi connectivity index (χ3n) is 5.42. The highest BCUT2D eigenvalue weighted by molar-refractivity contribution is 8.42. The van der Waals surface area contributed by atoms with Crippen LogP contribution >= 0.6 is 11.8 Å². The fraction of sp³-hybridized carbons (Fsp3) is 0.280. The van der Waals surface area contributed by atoms with Gasteiger partial charge < -0.3 is 14.2 Å². The first-order chi connectivity index (χ1) is 17.6. The number of aryl methyl sites for hydroxylation is 2. The number of nitrogens with one attached hydrogen (secondary N) is 1. The van der Waals surface area contributed by atoms with Crippen molar-refractivity contribution in [1.29, 1.82) is 5.41 Å². The summed E-state index contributed by atoms with van der Waals surface area (Å²) >= 11 is 0.740. The van der Waals surface area contributed by atoms with E-state index in [9.17, 15) is 13.2 Å². The summed E-state index contributed by atoms with van der Waals surface area (Å²) in [5.41, 5.74) is 2.90. The number of amidine groups is 2. The van der Waals surface area contributed by atoms with E-state index in [1.165, 1.54) is 11.6 Å². The van der Waals surface area contributed by atoms with Gasteiger partial charge in [-0.15, -0.1) is 5.10 Å². The molecule has 2 aromatic rings. The van der Waals surface area contributed by atoms with E-state index in [2.05, 4.69) is 10.1 Å². The zero-order valence-corrected chi connectivity index (χ0v) is 22.4. The van der Waals surface area contributed by atoms with Crippen LogP contribution in [-0.4, -0.2) is 60.8 Å². The number of thioether (sulfide) groups is 1. The highest BCUT2D eigenvalue weighted by Crippen LogP contribution is 2.32. The Kier molecular flexibility index (Phi) is 7.69. The van der Waals surface area contributed by atoms with E-state index >= 15 is 0 Å². The Morgan fingerprint density at radius 3 is 2.49 bits per heavy atom. The minimum absolute atomic E-state index is 0.0271. The normalized spacial score (nSPS) is 16.4. The van der Waals surface area contributed by atoms with Crippen molar-refractivity contribution in [3.63, 3.8) is 0 Å². The lowest BCUT2D eigenvalue weighted by Crippen LogP contribution is -2.35. The number of hydrogen-bond donors (Lipinski definition) is 1. The second-order valence-corrected chi connectivity index (χ2v) is 11.4. The van der Waals surface area contributed by atoms with Gasteiger partial charge in [0.2, 0.25) is 19.4 Å². The standard InChI is InChI=1S/C25H26N4O6S2/c1-5-33-21-14-17(7-9-20(21)35-11-10-34-18-8-6-15(2)16(3)12-18)13-19-22(26)29-24(27-23(19)30)36-25(28-29)37(4,31)32/h6-9,12-14,26H,5,10-11H2,1-4H3/b19-13-,26-22?. The lowest BCUT2D eigenvalue weighted by molar-refractivity contribution is -0.114. The monoisotopic (exact) mass is 542 g/mol. The van der Waals surface area contributed by atoms with Crippen LogP contribution in [-0.2, 0) is 14.6 Å². The summed E-state index contributed by atoms with van der Waals surface area (Å²) in [6, 6.07) is 11.0. The number of ether oxygens (including phenoxy) is 3. The van der Waals surface area contributed by atoms with Gasteiger partial charge in [-0.3, -0.25) is 10.2 Å². The van der Waals surface area contributed by atoms with Crippen molar-refractivity contribution in [2.24, 2.45) is 10.1 Å². The molecule has 2 aliphatic heterocycles. The number of amides is 1. The van der Waals surface area contributed by atoms with Gasteiger partial charge in [-0.2, -0.15) is 10.0 Å². The van der Waals surface area contributed by atoms with Gasteiger partial charge in [0.05, 0.1) is 12.2 Å². The van der Waals surface area contributed by atoms with Gasteiger partial charge in [-0.1, -0.05) is 12.1 Å². The molecule has 0 aromatic heterocycles. The highest BCUT2D eigenvalue weighted by atomic mass is 32.3. The Labute approximate surface area is 219 Å². The van der Waals surface area contributed by atoms with Crippen molar-refractivity contribution in [3.05, 3.63) is 58.7 Å². The summed E-state index contributed by atoms with van der Waals surface area (Å²) in [7, 11) is -3.60. The number of fused-ring (bicyclic) bond motifs is 1. The molecule has 12 heteroatoms. The molecule has 0 fully saturated rings. The van der Waals surface area contributed by atoms with Crippen molar-refractivity contribution in [2.75, 3.05) is 26.1 Å². The number of benzene rings is 2. The number of nitrogens with zero attached hydrogens (tertiary/aromatic N) is 3. The summed E-state index contributed by atoms with van der Waals surface area (Å²) in [6.07, 6.45) is 2.49. The molecule has 0 aliphatic carbocycles. The topological polar surface area (TPSA) is 131 Å². The molecular weight excluding hydrogens is 516 g/mol. The van der Waals surface area contributed by atoms with E-state index in [1.807, 2.05) is 39.0 Å². The first kappa shape index (κ1) is 26.4. The molecule has 0 unspecified atom stereocenters.